The molecular formula is C6H11NO2. The third-order valence-electron chi connectivity index (χ3n) is 0.953. The Labute approximate surface area is 54.7 Å². The summed E-state index contributed by atoms with van der Waals surface area (Å²) in [6.07, 6.45) is 0.485. The van der Waals surface area contributed by atoms with Crippen LogP contribution in [0.5, 0.6) is 0 Å². The maximum Gasteiger partial charge on any atom is 0.179 e. The van der Waals surface area contributed by atoms with Crippen molar-refractivity contribution in [3.8, 4) is 0 Å². The minimum Gasteiger partial charge on any atom is -0.399 e. The highest BCUT2D eigenvalue weighted by Crippen LogP contribution is 1.85. The first kappa shape index (κ1) is 8.14. The van der Waals surface area contributed by atoms with Crippen molar-refractivity contribution in [2.75, 3.05) is 7.11 Å². The van der Waals surface area contributed by atoms with Gasteiger partial charge in [-0.25, -0.2) is 0 Å². The number of nitrogens with zero attached hydrogens (tertiary/aromatic N) is 1. The molecule has 0 saturated carbocycles. The summed E-state index contributed by atoms with van der Waals surface area (Å²) in [4.78, 5) is 15.1. The Bertz CT molecular complexity index is 129. The van der Waals surface area contributed by atoms with Crippen molar-refractivity contribution in [3.05, 3.63) is 0 Å². The molecule has 0 heterocycles. The quantitative estimate of drug-likeness (QED) is 0.421. The molecule has 3 nitrogen and oxygen atoms in total. The normalized spacial score (nSPS) is 11.2. The Morgan fingerprint density at radius 2 is 2.22 bits per heavy atom. The maximum absolute atomic E-state index is 10.7. The lowest BCUT2D eigenvalue weighted by Gasteiger charge is -1.92. The van der Waals surface area contributed by atoms with Crippen LogP contribution in [0.4, 0.5) is 0 Å². The van der Waals surface area contributed by atoms with Crippen LogP contribution >= 0.6 is 0 Å². The molecule has 0 N–H and O–H groups in total. The predicted octanol–water partition coefficient (Wildman–Crippen LogP) is 0.988. The van der Waals surface area contributed by atoms with Gasteiger partial charge in [-0.15, -0.1) is 0 Å². The lowest BCUT2D eigenvalue weighted by Crippen LogP contribution is -2.07. The van der Waals surface area contributed by atoms with Gasteiger partial charge in [0.2, 0.25) is 0 Å². The summed E-state index contributed by atoms with van der Waals surface area (Å²) < 4.78 is 0. The molecule has 0 atom stereocenters. The van der Waals surface area contributed by atoms with Crippen LogP contribution in [0.15, 0.2) is 5.16 Å². The molecule has 52 valence electrons. The van der Waals surface area contributed by atoms with Gasteiger partial charge >= 0.3 is 0 Å². The van der Waals surface area contributed by atoms with Crippen molar-refractivity contribution >= 4 is 11.5 Å². The minimum absolute atomic E-state index is 0.0249. The first-order chi connectivity index (χ1) is 4.22. The largest absolute Gasteiger partial charge is 0.399 e. The van der Waals surface area contributed by atoms with Gasteiger partial charge in [0.15, 0.2) is 5.78 Å². The van der Waals surface area contributed by atoms with E-state index in [1.54, 1.807) is 13.8 Å². The minimum atomic E-state index is 0.0249. The first-order valence-corrected chi connectivity index (χ1v) is 2.83. The van der Waals surface area contributed by atoms with Crippen molar-refractivity contribution in [2.45, 2.75) is 20.3 Å². The fourth-order valence-corrected chi connectivity index (χ4v) is 0.444. The molecule has 0 aromatic carbocycles. The zero-order valence-corrected chi connectivity index (χ0v) is 5.97. The van der Waals surface area contributed by atoms with Crippen LogP contribution in [0, 0.1) is 0 Å². The van der Waals surface area contributed by atoms with Crippen molar-refractivity contribution in [3.63, 3.8) is 0 Å². The van der Waals surface area contributed by atoms with E-state index in [0.717, 1.165) is 0 Å². The van der Waals surface area contributed by atoms with E-state index in [2.05, 4.69) is 9.99 Å². The van der Waals surface area contributed by atoms with Gasteiger partial charge in [-0.05, 0) is 6.92 Å². The molecule has 0 aromatic heterocycles. The zero-order valence-electron chi connectivity index (χ0n) is 5.97. The molecule has 0 aliphatic rings. The fraction of sp³-hybridized carbons (Fsp3) is 0.667. The zero-order chi connectivity index (χ0) is 7.28. The van der Waals surface area contributed by atoms with Crippen LogP contribution < -0.4 is 0 Å². The van der Waals surface area contributed by atoms with Gasteiger partial charge in [0.25, 0.3) is 0 Å². The Balaban J connectivity index is 3.86. The summed E-state index contributed by atoms with van der Waals surface area (Å²) in [7, 11) is 1.42. The van der Waals surface area contributed by atoms with Gasteiger partial charge in [-0.1, -0.05) is 12.1 Å². The Hall–Kier alpha value is -0.860. The van der Waals surface area contributed by atoms with Crippen molar-refractivity contribution in [2.24, 2.45) is 5.16 Å². The van der Waals surface area contributed by atoms with E-state index in [-0.39, 0.29) is 5.78 Å². The number of oxime groups is 1. The van der Waals surface area contributed by atoms with Gasteiger partial charge < -0.3 is 4.84 Å². The number of Topliss-reactive ketones (excluding diaryl/α,β-unsaturated/α-hetero) is 1. The summed E-state index contributed by atoms with van der Waals surface area (Å²) in [5, 5.41) is 3.46. The molecule has 0 spiro atoms. The predicted molar refractivity (Wildman–Crippen MR) is 35.4 cm³/mol. The van der Waals surface area contributed by atoms with Crippen LogP contribution in [0.3, 0.4) is 0 Å². The highest BCUT2D eigenvalue weighted by Gasteiger charge is 2.00. The van der Waals surface area contributed by atoms with Crippen molar-refractivity contribution in [1.82, 2.24) is 0 Å². The standard InChI is InChI=1S/C6H11NO2/c1-4-6(8)5(2)7-9-3/h4H2,1-3H3/b7-5-. The summed E-state index contributed by atoms with van der Waals surface area (Å²) in [5.41, 5.74) is 0.431. The van der Waals surface area contributed by atoms with E-state index in [4.69, 9.17) is 0 Å². The van der Waals surface area contributed by atoms with Gasteiger partial charge in [-0.2, -0.15) is 0 Å². The molecule has 0 unspecified atom stereocenters. The molecule has 3 heteroatoms. The summed E-state index contributed by atoms with van der Waals surface area (Å²) >= 11 is 0. The van der Waals surface area contributed by atoms with Crippen LogP contribution in [0.1, 0.15) is 20.3 Å². The third-order valence-corrected chi connectivity index (χ3v) is 0.953. The number of ketones is 1. The number of hydrogen-bond acceptors (Lipinski definition) is 3. The Morgan fingerprint density at radius 1 is 1.67 bits per heavy atom. The molecule has 0 fully saturated rings. The van der Waals surface area contributed by atoms with E-state index >= 15 is 0 Å². The second-order valence-corrected chi connectivity index (χ2v) is 1.64. The molecule has 0 rings (SSSR count). The second kappa shape index (κ2) is 4.06. The number of rotatable bonds is 3. The molecule has 0 aromatic rings. The third kappa shape index (κ3) is 2.85. The van der Waals surface area contributed by atoms with Crippen LogP contribution in [-0.4, -0.2) is 18.6 Å². The molecule has 9 heavy (non-hydrogen) atoms. The fourth-order valence-electron chi connectivity index (χ4n) is 0.444. The van der Waals surface area contributed by atoms with Crippen LogP contribution in [0.25, 0.3) is 0 Å². The van der Waals surface area contributed by atoms with E-state index in [9.17, 15) is 4.79 Å². The van der Waals surface area contributed by atoms with Gasteiger partial charge in [0.1, 0.15) is 12.8 Å². The molecule has 0 bridgehead atoms. The first-order valence-electron chi connectivity index (χ1n) is 2.83. The molecule has 0 aliphatic heterocycles. The highest BCUT2D eigenvalue weighted by atomic mass is 16.6. The monoisotopic (exact) mass is 129 g/mol. The smallest absolute Gasteiger partial charge is 0.179 e. The molecule has 0 aliphatic carbocycles. The van der Waals surface area contributed by atoms with Crippen LogP contribution in [0.2, 0.25) is 0 Å². The van der Waals surface area contributed by atoms with Gasteiger partial charge in [-0.3, -0.25) is 4.79 Å². The highest BCUT2D eigenvalue weighted by molar-refractivity contribution is 6.38. The average Bonchev–Trinajstić information content (AvgIpc) is 1.87. The van der Waals surface area contributed by atoms with E-state index in [1.165, 1.54) is 7.11 Å². The lowest BCUT2D eigenvalue weighted by molar-refractivity contribution is -0.112. The van der Waals surface area contributed by atoms with Crippen molar-refractivity contribution in [1.29, 1.82) is 0 Å². The second-order valence-electron chi connectivity index (χ2n) is 1.64. The molecular weight excluding hydrogens is 118 g/mol. The summed E-state index contributed by atoms with van der Waals surface area (Å²) in [6.45, 7) is 3.42. The number of carbonyl (C=O) groups excluding carboxylic acids is 1. The van der Waals surface area contributed by atoms with E-state index in [1.807, 2.05) is 0 Å². The molecule has 0 amide bonds. The number of carbonyl (C=O) groups is 1. The Morgan fingerprint density at radius 3 is 2.56 bits per heavy atom. The molecule has 0 radical (unpaired) electrons. The van der Waals surface area contributed by atoms with Gasteiger partial charge in [0, 0.05) is 6.42 Å². The summed E-state index contributed by atoms with van der Waals surface area (Å²) in [5.74, 6) is 0.0249. The Kier molecular flexibility index (Phi) is 3.67. The molecule has 0 saturated heterocycles. The summed E-state index contributed by atoms with van der Waals surface area (Å²) in [6, 6.07) is 0. The average molecular weight is 129 g/mol. The van der Waals surface area contributed by atoms with Crippen LogP contribution in [-0.2, 0) is 9.63 Å². The topological polar surface area (TPSA) is 38.7 Å². The van der Waals surface area contributed by atoms with E-state index < -0.39 is 0 Å². The maximum atomic E-state index is 10.7. The number of hydrogen-bond donors (Lipinski definition) is 0. The SMILES string of the molecule is CCC(=O)/C(C)=N\OC. The lowest BCUT2D eigenvalue weighted by atomic mass is 10.2. The van der Waals surface area contributed by atoms with E-state index in [0.29, 0.717) is 12.1 Å². The van der Waals surface area contributed by atoms with Crippen molar-refractivity contribution < 1.29 is 9.63 Å². The van der Waals surface area contributed by atoms with Gasteiger partial charge in [0.05, 0.1) is 0 Å².